The Balaban J connectivity index is 2.38. The number of H-pyrrole nitrogens is 1. The molecule has 3 rings (SSSR count). The van der Waals surface area contributed by atoms with E-state index < -0.39 is 11.7 Å². The van der Waals surface area contributed by atoms with Crippen molar-refractivity contribution in [2.45, 2.75) is 12.7 Å². The van der Waals surface area contributed by atoms with E-state index in [-0.39, 0.29) is 12.1 Å². The Morgan fingerprint density at radius 1 is 1.09 bits per heavy atom. The Hall–Kier alpha value is -1.98. The molecule has 0 aliphatic heterocycles. The van der Waals surface area contributed by atoms with Gasteiger partial charge in [-0.3, -0.25) is 0 Å². The third-order valence-corrected chi connectivity index (χ3v) is 3.78. The summed E-state index contributed by atoms with van der Waals surface area (Å²) in [6.45, 7) is 0.105. The van der Waals surface area contributed by atoms with Gasteiger partial charge in [0.25, 0.3) is 0 Å². The molecule has 22 heavy (non-hydrogen) atoms. The molecule has 2 aromatic carbocycles. The fraction of sp³-hybridized carbons (Fsp3) is 0.125. The van der Waals surface area contributed by atoms with E-state index in [2.05, 4.69) is 4.98 Å². The molecule has 0 aliphatic rings. The summed E-state index contributed by atoms with van der Waals surface area (Å²) in [7, 11) is 0. The molecular weight excluding hydrogens is 313 g/mol. The molecule has 0 unspecified atom stereocenters. The van der Waals surface area contributed by atoms with E-state index in [4.69, 9.17) is 17.3 Å². The number of hydrogen-bond acceptors (Lipinski definition) is 1. The summed E-state index contributed by atoms with van der Waals surface area (Å²) in [5.74, 6) is 0. The van der Waals surface area contributed by atoms with Crippen molar-refractivity contribution in [1.82, 2.24) is 4.98 Å². The molecule has 0 saturated heterocycles. The minimum atomic E-state index is -4.44. The van der Waals surface area contributed by atoms with Gasteiger partial charge in [0, 0.05) is 33.7 Å². The fourth-order valence-electron chi connectivity index (χ4n) is 2.63. The van der Waals surface area contributed by atoms with Gasteiger partial charge in [0.05, 0.1) is 5.56 Å². The molecule has 0 fully saturated rings. The molecule has 1 aromatic heterocycles. The first-order chi connectivity index (χ1) is 10.4. The molecule has 0 aliphatic carbocycles. The fourth-order valence-corrected chi connectivity index (χ4v) is 2.80. The topological polar surface area (TPSA) is 41.8 Å². The minimum Gasteiger partial charge on any atom is -0.357 e. The second kappa shape index (κ2) is 5.34. The van der Waals surface area contributed by atoms with Crippen LogP contribution in [0, 0.1) is 0 Å². The Bertz CT molecular complexity index is 837. The molecule has 0 bridgehead atoms. The first-order valence-electron chi connectivity index (χ1n) is 6.58. The average molecular weight is 325 g/mol. The lowest BCUT2D eigenvalue weighted by Gasteiger charge is -2.13. The SMILES string of the molecule is NCc1[nH]c2ccc(Cl)cc2c1-c1ccccc1C(F)(F)F. The molecule has 1 heterocycles. The van der Waals surface area contributed by atoms with E-state index in [0.29, 0.717) is 27.2 Å². The zero-order valence-electron chi connectivity index (χ0n) is 11.3. The number of fused-ring (bicyclic) bond motifs is 1. The van der Waals surface area contributed by atoms with Crippen LogP contribution < -0.4 is 5.73 Å². The number of nitrogens with one attached hydrogen (secondary N) is 1. The van der Waals surface area contributed by atoms with Crippen LogP contribution in [0.2, 0.25) is 5.02 Å². The first-order valence-corrected chi connectivity index (χ1v) is 6.96. The largest absolute Gasteiger partial charge is 0.417 e. The van der Waals surface area contributed by atoms with Crippen LogP contribution in [0.15, 0.2) is 42.5 Å². The number of rotatable bonds is 2. The third-order valence-electron chi connectivity index (χ3n) is 3.54. The lowest BCUT2D eigenvalue weighted by Crippen LogP contribution is -2.08. The Morgan fingerprint density at radius 2 is 1.82 bits per heavy atom. The minimum absolute atomic E-state index is 0.101. The van der Waals surface area contributed by atoms with Crippen molar-refractivity contribution in [1.29, 1.82) is 0 Å². The van der Waals surface area contributed by atoms with Gasteiger partial charge in [-0.1, -0.05) is 29.8 Å². The van der Waals surface area contributed by atoms with Crippen LogP contribution in [0.1, 0.15) is 11.3 Å². The predicted octanol–water partition coefficient (Wildman–Crippen LogP) is 4.97. The standard InChI is InChI=1S/C16H12ClF3N2/c17-9-5-6-13-11(7-9)15(14(8-21)22-13)10-3-1-2-4-12(10)16(18,19)20/h1-7,22H,8,21H2. The summed E-state index contributed by atoms with van der Waals surface area (Å²) in [5, 5.41) is 1.09. The van der Waals surface area contributed by atoms with Crippen LogP contribution in [0.3, 0.4) is 0 Å². The molecule has 0 radical (unpaired) electrons. The van der Waals surface area contributed by atoms with Crippen LogP contribution in [0.25, 0.3) is 22.0 Å². The van der Waals surface area contributed by atoms with Crippen molar-refractivity contribution in [3.63, 3.8) is 0 Å². The predicted molar refractivity (Wildman–Crippen MR) is 81.6 cm³/mol. The van der Waals surface area contributed by atoms with Gasteiger partial charge in [-0.2, -0.15) is 13.2 Å². The monoisotopic (exact) mass is 324 g/mol. The van der Waals surface area contributed by atoms with Crippen molar-refractivity contribution >= 4 is 22.5 Å². The summed E-state index contributed by atoms with van der Waals surface area (Å²) in [4.78, 5) is 3.07. The van der Waals surface area contributed by atoms with E-state index >= 15 is 0 Å². The Kier molecular flexibility index (Phi) is 3.62. The van der Waals surface area contributed by atoms with E-state index in [1.54, 1.807) is 24.3 Å². The van der Waals surface area contributed by atoms with E-state index in [0.717, 1.165) is 6.07 Å². The zero-order chi connectivity index (χ0) is 15.9. The molecule has 0 saturated carbocycles. The van der Waals surface area contributed by atoms with Crippen molar-refractivity contribution in [2.24, 2.45) is 5.73 Å². The maximum absolute atomic E-state index is 13.3. The molecule has 3 aromatic rings. The van der Waals surface area contributed by atoms with Gasteiger partial charge in [0.2, 0.25) is 0 Å². The van der Waals surface area contributed by atoms with E-state index in [1.807, 2.05) is 0 Å². The van der Waals surface area contributed by atoms with Gasteiger partial charge in [-0.25, -0.2) is 0 Å². The highest BCUT2D eigenvalue weighted by molar-refractivity contribution is 6.31. The second-order valence-electron chi connectivity index (χ2n) is 4.92. The zero-order valence-corrected chi connectivity index (χ0v) is 12.1. The van der Waals surface area contributed by atoms with Gasteiger partial charge >= 0.3 is 6.18 Å². The van der Waals surface area contributed by atoms with Crippen LogP contribution in [-0.4, -0.2) is 4.98 Å². The maximum atomic E-state index is 13.3. The van der Waals surface area contributed by atoms with Gasteiger partial charge in [0.1, 0.15) is 0 Å². The first kappa shape index (κ1) is 14.9. The van der Waals surface area contributed by atoms with Crippen LogP contribution in [-0.2, 0) is 12.7 Å². The molecule has 114 valence electrons. The number of alkyl halides is 3. The Labute approximate surface area is 129 Å². The lowest BCUT2D eigenvalue weighted by molar-refractivity contribution is -0.137. The number of aromatic nitrogens is 1. The number of aromatic amines is 1. The van der Waals surface area contributed by atoms with Gasteiger partial charge in [-0.15, -0.1) is 0 Å². The van der Waals surface area contributed by atoms with Crippen LogP contribution >= 0.6 is 11.6 Å². The van der Waals surface area contributed by atoms with Crippen molar-refractivity contribution in [3.8, 4) is 11.1 Å². The quantitative estimate of drug-likeness (QED) is 0.687. The lowest BCUT2D eigenvalue weighted by atomic mass is 9.96. The van der Waals surface area contributed by atoms with Gasteiger partial charge < -0.3 is 10.7 Å². The van der Waals surface area contributed by atoms with Gasteiger partial charge in [-0.05, 0) is 29.8 Å². The smallest absolute Gasteiger partial charge is 0.357 e. The highest BCUT2D eigenvalue weighted by Gasteiger charge is 2.34. The third kappa shape index (κ3) is 2.46. The van der Waals surface area contributed by atoms with Crippen LogP contribution in [0.5, 0.6) is 0 Å². The number of nitrogens with two attached hydrogens (primary N) is 1. The molecule has 2 nitrogen and oxygen atoms in total. The summed E-state index contributed by atoms with van der Waals surface area (Å²) in [6, 6.07) is 10.5. The summed E-state index contributed by atoms with van der Waals surface area (Å²) < 4.78 is 39.9. The molecular formula is C16H12ClF3N2. The van der Waals surface area contributed by atoms with E-state index in [1.165, 1.54) is 12.1 Å². The summed E-state index contributed by atoms with van der Waals surface area (Å²) >= 11 is 5.99. The molecule has 0 amide bonds. The van der Waals surface area contributed by atoms with Crippen molar-refractivity contribution in [3.05, 3.63) is 58.7 Å². The molecule has 3 N–H and O–H groups in total. The summed E-state index contributed by atoms with van der Waals surface area (Å²) in [5.41, 5.74) is 6.82. The number of hydrogen-bond donors (Lipinski definition) is 2. The highest BCUT2D eigenvalue weighted by Crippen LogP contribution is 2.41. The van der Waals surface area contributed by atoms with Crippen LogP contribution in [0.4, 0.5) is 13.2 Å². The number of benzene rings is 2. The van der Waals surface area contributed by atoms with Gasteiger partial charge in [0.15, 0.2) is 0 Å². The molecule has 0 atom stereocenters. The maximum Gasteiger partial charge on any atom is 0.417 e. The van der Waals surface area contributed by atoms with E-state index in [9.17, 15) is 13.2 Å². The summed E-state index contributed by atoms with van der Waals surface area (Å²) in [6.07, 6.45) is -4.44. The average Bonchev–Trinajstić information content (AvgIpc) is 2.84. The normalized spacial score (nSPS) is 12.0. The number of halogens is 4. The Morgan fingerprint density at radius 3 is 2.50 bits per heavy atom. The van der Waals surface area contributed by atoms with Crippen molar-refractivity contribution < 1.29 is 13.2 Å². The highest BCUT2D eigenvalue weighted by atomic mass is 35.5. The molecule has 6 heteroatoms. The molecule has 0 spiro atoms. The second-order valence-corrected chi connectivity index (χ2v) is 5.35. The van der Waals surface area contributed by atoms with Crippen molar-refractivity contribution in [2.75, 3.05) is 0 Å².